The summed E-state index contributed by atoms with van der Waals surface area (Å²) in [6.07, 6.45) is 5.32. The van der Waals surface area contributed by atoms with Gasteiger partial charge in [0.2, 0.25) is 6.41 Å². The molecule has 0 fully saturated rings. The number of carbonyl (C=O) groups is 2. The van der Waals surface area contributed by atoms with Gasteiger partial charge in [-0.15, -0.1) is 0 Å². The standard InChI is InChI=1S/C16H15FN2O2/c17-11-4-3-5-12(8-11)19(10-20)14-9-18-13-6-1-2-7-15(21)16(13)14/h3-5,8-10,18H,1-2,6-7H2. The molecule has 4 nitrogen and oxygen atoms in total. The van der Waals surface area contributed by atoms with Gasteiger partial charge in [-0.25, -0.2) is 4.39 Å². The number of benzene rings is 1. The fourth-order valence-corrected chi connectivity index (χ4v) is 2.75. The molecule has 1 aromatic carbocycles. The van der Waals surface area contributed by atoms with Crippen LogP contribution in [0.5, 0.6) is 0 Å². The molecule has 0 bridgehead atoms. The molecule has 0 spiro atoms. The van der Waals surface area contributed by atoms with Gasteiger partial charge in [-0.3, -0.25) is 14.5 Å². The van der Waals surface area contributed by atoms with Gasteiger partial charge >= 0.3 is 0 Å². The molecule has 108 valence electrons. The predicted molar refractivity (Wildman–Crippen MR) is 77.3 cm³/mol. The number of carbonyl (C=O) groups excluding carboxylic acids is 2. The van der Waals surface area contributed by atoms with Crippen molar-refractivity contribution in [2.24, 2.45) is 0 Å². The van der Waals surface area contributed by atoms with Crippen LogP contribution in [-0.2, 0) is 11.2 Å². The highest BCUT2D eigenvalue weighted by Crippen LogP contribution is 2.33. The molecular weight excluding hydrogens is 271 g/mol. The number of rotatable bonds is 3. The molecule has 0 atom stereocenters. The topological polar surface area (TPSA) is 53.2 Å². The Balaban J connectivity index is 2.08. The summed E-state index contributed by atoms with van der Waals surface area (Å²) in [7, 11) is 0. The van der Waals surface area contributed by atoms with Gasteiger partial charge in [0.05, 0.1) is 16.9 Å². The number of hydrogen-bond acceptors (Lipinski definition) is 2. The molecule has 3 rings (SSSR count). The van der Waals surface area contributed by atoms with E-state index >= 15 is 0 Å². The molecule has 1 amide bonds. The molecule has 1 aliphatic carbocycles. The van der Waals surface area contributed by atoms with Crippen molar-refractivity contribution < 1.29 is 14.0 Å². The first-order valence-corrected chi connectivity index (χ1v) is 6.94. The van der Waals surface area contributed by atoms with Gasteiger partial charge in [0, 0.05) is 18.3 Å². The van der Waals surface area contributed by atoms with E-state index in [2.05, 4.69) is 4.98 Å². The second kappa shape index (κ2) is 5.52. The van der Waals surface area contributed by atoms with Gasteiger partial charge in [0.25, 0.3) is 0 Å². The minimum absolute atomic E-state index is 0.0296. The highest BCUT2D eigenvalue weighted by molar-refractivity contribution is 6.06. The van der Waals surface area contributed by atoms with Crippen LogP contribution >= 0.6 is 0 Å². The van der Waals surface area contributed by atoms with E-state index in [1.807, 2.05) is 0 Å². The molecule has 0 aliphatic heterocycles. The van der Waals surface area contributed by atoms with Crippen molar-refractivity contribution in [3.63, 3.8) is 0 Å². The Morgan fingerprint density at radius 1 is 1.24 bits per heavy atom. The number of aromatic amines is 1. The lowest BCUT2D eigenvalue weighted by Crippen LogP contribution is -2.16. The van der Waals surface area contributed by atoms with Crippen LogP contribution in [0.25, 0.3) is 0 Å². The molecule has 1 aliphatic rings. The van der Waals surface area contributed by atoms with Crippen molar-refractivity contribution in [3.05, 3.63) is 47.5 Å². The van der Waals surface area contributed by atoms with Crippen LogP contribution in [0.3, 0.4) is 0 Å². The maximum absolute atomic E-state index is 13.4. The zero-order valence-electron chi connectivity index (χ0n) is 11.4. The van der Waals surface area contributed by atoms with E-state index in [9.17, 15) is 14.0 Å². The number of aromatic nitrogens is 1. The van der Waals surface area contributed by atoms with E-state index in [1.54, 1.807) is 12.3 Å². The number of anilines is 2. The van der Waals surface area contributed by atoms with Gasteiger partial charge in [-0.2, -0.15) is 0 Å². The number of halogens is 1. The van der Waals surface area contributed by atoms with Crippen molar-refractivity contribution in [1.29, 1.82) is 0 Å². The lowest BCUT2D eigenvalue weighted by Gasteiger charge is -2.17. The van der Waals surface area contributed by atoms with Gasteiger partial charge in [0.1, 0.15) is 5.82 Å². The second-order valence-corrected chi connectivity index (χ2v) is 5.11. The van der Waals surface area contributed by atoms with Crippen molar-refractivity contribution in [2.45, 2.75) is 25.7 Å². The minimum Gasteiger partial charge on any atom is -0.362 e. The van der Waals surface area contributed by atoms with Crippen LogP contribution in [0.4, 0.5) is 15.8 Å². The molecule has 1 heterocycles. The van der Waals surface area contributed by atoms with Gasteiger partial charge < -0.3 is 4.98 Å². The van der Waals surface area contributed by atoms with Crippen molar-refractivity contribution in [3.8, 4) is 0 Å². The Labute approximate surface area is 121 Å². The first-order valence-electron chi connectivity index (χ1n) is 6.94. The SMILES string of the molecule is O=CN(c1cccc(F)c1)c1c[nH]c2c1C(=O)CCCC2. The van der Waals surface area contributed by atoms with Crippen molar-refractivity contribution in [1.82, 2.24) is 4.98 Å². The number of nitrogens with zero attached hydrogens (tertiary/aromatic N) is 1. The Bertz CT molecular complexity index is 693. The molecule has 1 N–H and O–H groups in total. The molecule has 5 heteroatoms. The zero-order chi connectivity index (χ0) is 14.8. The van der Waals surface area contributed by atoms with Crippen LogP contribution in [0.15, 0.2) is 30.5 Å². The van der Waals surface area contributed by atoms with Crippen molar-refractivity contribution >= 4 is 23.6 Å². The monoisotopic (exact) mass is 286 g/mol. The number of ketones is 1. The third kappa shape index (κ3) is 2.46. The Morgan fingerprint density at radius 3 is 2.81 bits per heavy atom. The Hall–Kier alpha value is -2.43. The maximum Gasteiger partial charge on any atom is 0.218 e. The smallest absolute Gasteiger partial charge is 0.218 e. The summed E-state index contributed by atoms with van der Waals surface area (Å²) in [5, 5.41) is 0. The summed E-state index contributed by atoms with van der Waals surface area (Å²) in [6, 6.07) is 5.76. The van der Waals surface area contributed by atoms with Crippen LogP contribution in [-0.4, -0.2) is 17.2 Å². The molecule has 0 unspecified atom stereocenters. The van der Waals surface area contributed by atoms with Crippen LogP contribution < -0.4 is 4.90 Å². The fraction of sp³-hybridized carbons (Fsp3) is 0.250. The van der Waals surface area contributed by atoms with Crippen LogP contribution in [0, 0.1) is 5.82 Å². The van der Waals surface area contributed by atoms with E-state index < -0.39 is 5.82 Å². The third-order valence-electron chi connectivity index (χ3n) is 3.75. The largest absolute Gasteiger partial charge is 0.362 e. The lowest BCUT2D eigenvalue weighted by molar-refractivity contribution is -0.106. The zero-order valence-corrected chi connectivity index (χ0v) is 11.4. The number of amides is 1. The van der Waals surface area contributed by atoms with E-state index in [1.165, 1.54) is 23.1 Å². The van der Waals surface area contributed by atoms with Gasteiger partial charge in [-0.1, -0.05) is 6.07 Å². The minimum atomic E-state index is -0.424. The first kappa shape index (κ1) is 13.5. The van der Waals surface area contributed by atoms with E-state index in [0.717, 1.165) is 25.0 Å². The summed E-state index contributed by atoms with van der Waals surface area (Å²) in [6.45, 7) is 0. The third-order valence-corrected chi connectivity index (χ3v) is 3.75. The predicted octanol–water partition coefficient (Wildman–Crippen LogP) is 3.36. The normalized spacial score (nSPS) is 14.4. The Morgan fingerprint density at radius 2 is 2.05 bits per heavy atom. The summed E-state index contributed by atoms with van der Waals surface area (Å²) in [4.78, 5) is 28.1. The maximum atomic E-state index is 13.4. The number of aryl methyl sites for hydroxylation is 1. The number of Topliss-reactive ketones (excluding diaryl/α,β-unsaturated/α-hetero) is 1. The summed E-state index contributed by atoms with van der Waals surface area (Å²) in [5.41, 5.74) is 2.32. The Kier molecular flexibility index (Phi) is 3.56. The molecule has 0 saturated carbocycles. The highest BCUT2D eigenvalue weighted by Gasteiger charge is 2.24. The average molecular weight is 286 g/mol. The van der Waals surface area contributed by atoms with Crippen molar-refractivity contribution in [2.75, 3.05) is 4.90 Å². The quantitative estimate of drug-likeness (QED) is 0.695. The molecule has 2 aromatic rings. The van der Waals surface area contributed by atoms with Gasteiger partial charge in [-0.05, 0) is 37.5 Å². The molecule has 0 saturated heterocycles. The summed E-state index contributed by atoms with van der Waals surface area (Å²) >= 11 is 0. The molecule has 21 heavy (non-hydrogen) atoms. The molecule has 0 radical (unpaired) electrons. The fourth-order valence-electron chi connectivity index (χ4n) is 2.75. The number of hydrogen-bond donors (Lipinski definition) is 1. The lowest BCUT2D eigenvalue weighted by atomic mass is 10.1. The number of fused-ring (bicyclic) bond motifs is 1. The van der Waals surface area contributed by atoms with E-state index in [4.69, 9.17) is 0 Å². The average Bonchev–Trinajstić information content (AvgIpc) is 2.79. The summed E-state index contributed by atoms with van der Waals surface area (Å²) in [5.74, 6) is -0.394. The molecular formula is C16H15FN2O2. The van der Waals surface area contributed by atoms with E-state index in [0.29, 0.717) is 29.8 Å². The number of H-pyrrole nitrogens is 1. The van der Waals surface area contributed by atoms with E-state index in [-0.39, 0.29) is 5.78 Å². The second-order valence-electron chi connectivity index (χ2n) is 5.11. The van der Waals surface area contributed by atoms with Crippen LogP contribution in [0.1, 0.15) is 35.3 Å². The highest BCUT2D eigenvalue weighted by atomic mass is 19.1. The first-order chi connectivity index (χ1) is 10.2. The number of nitrogens with one attached hydrogen (secondary N) is 1. The summed E-state index contributed by atoms with van der Waals surface area (Å²) < 4.78 is 13.4. The van der Waals surface area contributed by atoms with Gasteiger partial charge in [0.15, 0.2) is 5.78 Å². The van der Waals surface area contributed by atoms with Crippen LogP contribution in [0.2, 0.25) is 0 Å². The molecule has 1 aromatic heterocycles.